The van der Waals surface area contributed by atoms with Crippen LogP contribution in [0.25, 0.3) is 0 Å². The lowest BCUT2D eigenvalue weighted by molar-refractivity contribution is 0.0408. The molecular formula is C12H17NO3. The number of methoxy groups -OCH3 is 1. The average molecular weight is 223 g/mol. The Balaban J connectivity index is 1.98. The van der Waals surface area contributed by atoms with Crippen LogP contribution in [-0.2, 0) is 6.42 Å². The number of hydrogen-bond donors (Lipinski definition) is 3. The van der Waals surface area contributed by atoms with Gasteiger partial charge in [0.05, 0.1) is 19.3 Å². The van der Waals surface area contributed by atoms with Gasteiger partial charge < -0.3 is 20.3 Å². The Bertz CT molecular complexity index is 339. The summed E-state index contributed by atoms with van der Waals surface area (Å²) in [6.45, 7) is 0.460. The van der Waals surface area contributed by atoms with Gasteiger partial charge in [0.2, 0.25) is 0 Å². The second-order valence-electron chi connectivity index (χ2n) is 4.12. The highest BCUT2D eigenvalue weighted by atomic mass is 16.5. The van der Waals surface area contributed by atoms with E-state index in [4.69, 9.17) is 4.74 Å². The van der Waals surface area contributed by atoms with Crippen LogP contribution < -0.4 is 10.1 Å². The summed E-state index contributed by atoms with van der Waals surface area (Å²) in [5.41, 5.74) is 1.12. The summed E-state index contributed by atoms with van der Waals surface area (Å²) in [5, 5.41) is 22.2. The first-order valence-electron chi connectivity index (χ1n) is 5.43. The predicted octanol–water partition coefficient (Wildman–Crippen LogP) is -0.0687. The predicted molar refractivity (Wildman–Crippen MR) is 60.5 cm³/mol. The maximum Gasteiger partial charge on any atom is 0.118 e. The molecule has 2 unspecified atom stereocenters. The van der Waals surface area contributed by atoms with Crippen LogP contribution in [0.15, 0.2) is 24.3 Å². The van der Waals surface area contributed by atoms with Gasteiger partial charge in [-0.05, 0) is 24.1 Å². The van der Waals surface area contributed by atoms with Crippen LogP contribution in [0.1, 0.15) is 5.56 Å². The number of aliphatic hydroxyl groups excluding tert-OH is 2. The molecular weight excluding hydrogens is 206 g/mol. The topological polar surface area (TPSA) is 61.7 Å². The van der Waals surface area contributed by atoms with Gasteiger partial charge in [-0.15, -0.1) is 0 Å². The highest BCUT2D eigenvalue weighted by molar-refractivity contribution is 5.28. The first kappa shape index (κ1) is 11.4. The van der Waals surface area contributed by atoms with Crippen molar-refractivity contribution in [2.24, 2.45) is 0 Å². The third-order valence-electron chi connectivity index (χ3n) is 3.01. The highest BCUT2D eigenvalue weighted by Gasteiger charge is 2.32. The second kappa shape index (κ2) is 4.82. The average Bonchev–Trinajstić information content (AvgIpc) is 2.62. The summed E-state index contributed by atoms with van der Waals surface area (Å²) < 4.78 is 5.07. The third-order valence-corrected chi connectivity index (χ3v) is 3.01. The lowest BCUT2D eigenvalue weighted by atomic mass is 10.0. The molecule has 0 spiro atoms. The van der Waals surface area contributed by atoms with Gasteiger partial charge in [0.1, 0.15) is 5.75 Å². The van der Waals surface area contributed by atoms with E-state index in [-0.39, 0.29) is 6.04 Å². The fourth-order valence-corrected chi connectivity index (χ4v) is 1.99. The number of hydrogen-bond acceptors (Lipinski definition) is 4. The highest BCUT2D eigenvalue weighted by Crippen LogP contribution is 2.16. The molecule has 1 heterocycles. The standard InChI is InChI=1S/C12H17NO3/c1-16-9-4-2-8(3-5-9)6-10-12(15)11(14)7-13-10/h2-5,10-15H,6-7H2,1H3/t10-,11?,12?/m1/s1. The number of nitrogens with one attached hydrogen (secondary N) is 1. The van der Waals surface area contributed by atoms with Crippen LogP contribution in [0, 0.1) is 0 Å². The SMILES string of the molecule is COc1ccc(C[C@H]2NCC(O)C2O)cc1. The van der Waals surface area contributed by atoms with Gasteiger partial charge in [-0.25, -0.2) is 0 Å². The number of benzene rings is 1. The minimum atomic E-state index is -0.679. The Labute approximate surface area is 94.9 Å². The van der Waals surface area contributed by atoms with Crippen molar-refractivity contribution in [1.82, 2.24) is 5.32 Å². The zero-order chi connectivity index (χ0) is 11.5. The van der Waals surface area contributed by atoms with Gasteiger partial charge >= 0.3 is 0 Å². The molecule has 2 rings (SSSR count). The van der Waals surface area contributed by atoms with Crippen molar-refractivity contribution in [2.75, 3.05) is 13.7 Å². The molecule has 3 atom stereocenters. The van der Waals surface area contributed by atoms with E-state index in [9.17, 15) is 10.2 Å². The number of ether oxygens (including phenoxy) is 1. The summed E-state index contributed by atoms with van der Waals surface area (Å²) in [5.74, 6) is 0.823. The van der Waals surface area contributed by atoms with Crippen molar-refractivity contribution in [3.8, 4) is 5.75 Å². The molecule has 1 aromatic rings. The van der Waals surface area contributed by atoms with E-state index in [1.807, 2.05) is 24.3 Å². The minimum absolute atomic E-state index is 0.0663. The second-order valence-corrected chi connectivity index (χ2v) is 4.12. The minimum Gasteiger partial charge on any atom is -0.497 e. The molecule has 3 N–H and O–H groups in total. The van der Waals surface area contributed by atoms with Gasteiger partial charge in [-0.1, -0.05) is 12.1 Å². The molecule has 1 aliphatic heterocycles. The van der Waals surface area contributed by atoms with Crippen LogP contribution >= 0.6 is 0 Å². The van der Waals surface area contributed by atoms with Gasteiger partial charge in [0.25, 0.3) is 0 Å². The van der Waals surface area contributed by atoms with Crippen LogP contribution in [0.4, 0.5) is 0 Å². The van der Waals surface area contributed by atoms with E-state index in [1.54, 1.807) is 7.11 Å². The quantitative estimate of drug-likeness (QED) is 0.671. The number of aliphatic hydroxyl groups is 2. The number of β-amino-alcohol motifs (C(OH)–C–C–N with tert-alkyl or cyclic N) is 1. The summed E-state index contributed by atoms with van der Waals surface area (Å²) in [4.78, 5) is 0. The molecule has 0 radical (unpaired) electrons. The lowest BCUT2D eigenvalue weighted by Crippen LogP contribution is -2.34. The maximum atomic E-state index is 9.68. The molecule has 16 heavy (non-hydrogen) atoms. The smallest absolute Gasteiger partial charge is 0.118 e. The number of rotatable bonds is 3. The molecule has 0 aromatic heterocycles. The molecule has 88 valence electrons. The fourth-order valence-electron chi connectivity index (χ4n) is 1.99. The first-order chi connectivity index (χ1) is 7.70. The molecule has 0 bridgehead atoms. The Kier molecular flexibility index (Phi) is 3.43. The van der Waals surface area contributed by atoms with Gasteiger partial charge in [-0.3, -0.25) is 0 Å². The van der Waals surface area contributed by atoms with E-state index in [0.717, 1.165) is 11.3 Å². The molecule has 1 aromatic carbocycles. The summed E-state index contributed by atoms with van der Waals surface area (Å²) >= 11 is 0. The van der Waals surface area contributed by atoms with E-state index in [0.29, 0.717) is 13.0 Å². The van der Waals surface area contributed by atoms with Gasteiger partial charge in [-0.2, -0.15) is 0 Å². The van der Waals surface area contributed by atoms with Crippen LogP contribution in [0.5, 0.6) is 5.75 Å². The van der Waals surface area contributed by atoms with Crippen molar-refractivity contribution in [3.63, 3.8) is 0 Å². The first-order valence-corrected chi connectivity index (χ1v) is 5.43. The molecule has 0 amide bonds. The summed E-state index contributed by atoms with van der Waals surface area (Å²) in [7, 11) is 1.63. The Morgan fingerprint density at radius 2 is 2.00 bits per heavy atom. The monoisotopic (exact) mass is 223 g/mol. The maximum absolute atomic E-state index is 9.68. The van der Waals surface area contributed by atoms with Crippen molar-refractivity contribution in [3.05, 3.63) is 29.8 Å². The van der Waals surface area contributed by atoms with Gasteiger partial charge in [0.15, 0.2) is 0 Å². The zero-order valence-corrected chi connectivity index (χ0v) is 9.26. The summed E-state index contributed by atoms with van der Waals surface area (Å²) in [6, 6.07) is 7.67. The van der Waals surface area contributed by atoms with Crippen molar-refractivity contribution < 1.29 is 14.9 Å². The zero-order valence-electron chi connectivity index (χ0n) is 9.26. The molecule has 0 saturated carbocycles. The largest absolute Gasteiger partial charge is 0.497 e. The third kappa shape index (κ3) is 2.35. The molecule has 0 aliphatic carbocycles. The van der Waals surface area contributed by atoms with Crippen molar-refractivity contribution in [1.29, 1.82) is 0 Å². The van der Waals surface area contributed by atoms with E-state index in [2.05, 4.69) is 5.32 Å². The molecule has 4 heteroatoms. The Hall–Kier alpha value is -1.10. The van der Waals surface area contributed by atoms with E-state index < -0.39 is 12.2 Å². The Morgan fingerprint density at radius 3 is 2.50 bits per heavy atom. The van der Waals surface area contributed by atoms with Crippen molar-refractivity contribution >= 4 is 0 Å². The van der Waals surface area contributed by atoms with Crippen LogP contribution in [0.3, 0.4) is 0 Å². The van der Waals surface area contributed by atoms with Crippen molar-refractivity contribution in [2.45, 2.75) is 24.7 Å². The lowest BCUT2D eigenvalue weighted by Gasteiger charge is -2.16. The Morgan fingerprint density at radius 1 is 1.31 bits per heavy atom. The van der Waals surface area contributed by atoms with Crippen LogP contribution in [-0.4, -0.2) is 42.1 Å². The molecule has 1 fully saturated rings. The van der Waals surface area contributed by atoms with E-state index in [1.165, 1.54) is 0 Å². The van der Waals surface area contributed by atoms with E-state index >= 15 is 0 Å². The van der Waals surface area contributed by atoms with Crippen LogP contribution in [0.2, 0.25) is 0 Å². The fraction of sp³-hybridized carbons (Fsp3) is 0.500. The molecule has 4 nitrogen and oxygen atoms in total. The summed E-state index contributed by atoms with van der Waals surface area (Å²) in [6.07, 6.45) is -0.618. The molecule has 1 saturated heterocycles. The normalized spacial score (nSPS) is 29.3. The molecule has 1 aliphatic rings. The van der Waals surface area contributed by atoms with Gasteiger partial charge in [0, 0.05) is 12.6 Å².